The molecule has 7 heteroatoms. The zero-order valence-corrected chi connectivity index (χ0v) is 15.8. The van der Waals surface area contributed by atoms with Crippen molar-refractivity contribution in [1.82, 2.24) is 16.0 Å². The Morgan fingerprint density at radius 3 is 2.68 bits per heavy atom. The number of rotatable bonds is 6. The summed E-state index contributed by atoms with van der Waals surface area (Å²) >= 11 is 0. The second-order valence-electron chi connectivity index (χ2n) is 6.40. The number of hydrogen-bond acceptors (Lipinski definition) is 4. The topological polar surface area (TPSA) is 99.7 Å². The van der Waals surface area contributed by atoms with Gasteiger partial charge in [-0.1, -0.05) is 36.4 Å². The number of nitrogens with one attached hydrogen (secondary N) is 3. The van der Waals surface area contributed by atoms with E-state index in [0.717, 1.165) is 5.56 Å². The molecule has 2 aromatic rings. The molecule has 0 aromatic heterocycles. The molecule has 1 heterocycles. The van der Waals surface area contributed by atoms with Crippen LogP contribution in [0.4, 0.5) is 4.79 Å². The van der Waals surface area contributed by atoms with Gasteiger partial charge in [0.25, 0.3) is 5.91 Å². The van der Waals surface area contributed by atoms with E-state index in [1.165, 1.54) is 6.07 Å². The number of benzene rings is 2. The molecule has 1 aliphatic heterocycles. The van der Waals surface area contributed by atoms with Gasteiger partial charge in [0.15, 0.2) is 11.5 Å². The SMILES string of the molecule is CCOc1cc([C@@H]2NC(=O)NC(C)=C2C(=O)NCc2ccccc2)ccc1O. The first-order valence-electron chi connectivity index (χ1n) is 9.05. The van der Waals surface area contributed by atoms with Crippen molar-refractivity contribution in [2.45, 2.75) is 26.4 Å². The molecule has 0 bridgehead atoms. The van der Waals surface area contributed by atoms with Crippen molar-refractivity contribution in [3.63, 3.8) is 0 Å². The number of aromatic hydroxyl groups is 1. The highest BCUT2D eigenvalue weighted by molar-refractivity contribution is 5.98. The van der Waals surface area contributed by atoms with Gasteiger partial charge >= 0.3 is 6.03 Å². The molecule has 0 unspecified atom stereocenters. The predicted molar refractivity (Wildman–Crippen MR) is 105 cm³/mol. The van der Waals surface area contributed by atoms with Crippen LogP contribution in [0.25, 0.3) is 0 Å². The van der Waals surface area contributed by atoms with Crippen molar-refractivity contribution < 1.29 is 19.4 Å². The lowest BCUT2D eigenvalue weighted by molar-refractivity contribution is -0.118. The van der Waals surface area contributed by atoms with E-state index in [1.54, 1.807) is 19.1 Å². The molecular formula is C21H23N3O4. The van der Waals surface area contributed by atoms with Crippen LogP contribution in [-0.2, 0) is 11.3 Å². The van der Waals surface area contributed by atoms with E-state index < -0.39 is 12.1 Å². The molecule has 1 aliphatic rings. The molecule has 0 saturated carbocycles. The first-order chi connectivity index (χ1) is 13.5. The van der Waals surface area contributed by atoms with Gasteiger partial charge in [-0.15, -0.1) is 0 Å². The van der Waals surface area contributed by atoms with E-state index in [9.17, 15) is 14.7 Å². The van der Waals surface area contributed by atoms with Crippen LogP contribution in [0, 0.1) is 0 Å². The summed E-state index contributed by atoms with van der Waals surface area (Å²) in [6, 6.07) is 13.3. The first kappa shape index (κ1) is 19.3. The fourth-order valence-corrected chi connectivity index (χ4v) is 3.10. The Morgan fingerprint density at radius 2 is 1.96 bits per heavy atom. The van der Waals surface area contributed by atoms with Crippen molar-refractivity contribution in [2.24, 2.45) is 0 Å². The van der Waals surface area contributed by atoms with E-state index in [2.05, 4.69) is 16.0 Å². The quantitative estimate of drug-likeness (QED) is 0.618. The molecule has 4 N–H and O–H groups in total. The molecule has 7 nitrogen and oxygen atoms in total. The Labute approximate surface area is 163 Å². The largest absolute Gasteiger partial charge is 0.504 e. The first-order valence-corrected chi connectivity index (χ1v) is 9.05. The minimum absolute atomic E-state index is 0.00152. The molecule has 0 spiro atoms. The Kier molecular flexibility index (Phi) is 5.84. The number of amides is 3. The molecule has 1 atom stereocenters. The highest BCUT2D eigenvalue weighted by Gasteiger charge is 2.31. The lowest BCUT2D eigenvalue weighted by atomic mass is 9.94. The van der Waals surface area contributed by atoms with E-state index >= 15 is 0 Å². The van der Waals surface area contributed by atoms with Crippen LogP contribution in [-0.4, -0.2) is 23.7 Å². The van der Waals surface area contributed by atoms with Crippen molar-refractivity contribution in [1.29, 1.82) is 0 Å². The normalized spacial score (nSPS) is 16.2. The number of carbonyl (C=O) groups is 2. The fourth-order valence-electron chi connectivity index (χ4n) is 3.10. The van der Waals surface area contributed by atoms with E-state index in [1.807, 2.05) is 37.3 Å². The van der Waals surface area contributed by atoms with Crippen molar-refractivity contribution in [3.8, 4) is 11.5 Å². The monoisotopic (exact) mass is 381 g/mol. The average molecular weight is 381 g/mol. The summed E-state index contributed by atoms with van der Waals surface area (Å²) in [5, 5.41) is 18.3. The van der Waals surface area contributed by atoms with Crippen molar-refractivity contribution >= 4 is 11.9 Å². The Morgan fingerprint density at radius 1 is 1.21 bits per heavy atom. The Hall–Kier alpha value is -3.48. The van der Waals surface area contributed by atoms with Crippen molar-refractivity contribution in [2.75, 3.05) is 6.61 Å². The van der Waals surface area contributed by atoms with Crippen LogP contribution >= 0.6 is 0 Å². The lowest BCUT2D eigenvalue weighted by Crippen LogP contribution is -2.46. The summed E-state index contributed by atoms with van der Waals surface area (Å²) < 4.78 is 5.43. The number of phenols is 1. The predicted octanol–water partition coefficient (Wildman–Crippen LogP) is 2.74. The van der Waals surface area contributed by atoms with Gasteiger partial charge in [-0.2, -0.15) is 0 Å². The second kappa shape index (κ2) is 8.47. The van der Waals surface area contributed by atoms with Gasteiger partial charge in [0, 0.05) is 12.2 Å². The zero-order chi connectivity index (χ0) is 20.1. The maximum Gasteiger partial charge on any atom is 0.319 e. The maximum absolute atomic E-state index is 12.9. The number of carbonyl (C=O) groups excluding carboxylic acids is 2. The van der Waals surface area contributed by atoms with Gasteiger partial charge in [0.2, 0.25) is 0 Å². The number of allylic oxidation sites excluding steroid dienone is 1. The van der Waals surface area contributed by atoms with E-state index in [0.29, 0.717) is 35.7 Å². The number of urea groups is 1. The molecular weight excluding hydrogens is 358 g/mol. The Bertz CT molecular complexity index is 909. The summed E-state index contributed by atoms with van der Waals surface area (Å²) in [6.07, 6.45) is 0. The third-order valence-electron chi connectivity index (χ3n) is 4.43. The third-order valence-corrected chi connectivity index (χ3v) is 4.43. The fraction of sp³-hybridized carbons (Fsp3) is 0.238. The standard InChI is InChI=1S/C21H23N3O4/c1-3-28-17-11-15(9-10-16(17)25)19-18(13(2)23-21(27)24-19)20(26)22-12-14-7-5-4-6-8-14/h4-11,19,25H,3,12H2,1-2H3,(H,22,26)(H2,23,24,27)/t19-/m0/s1. The molecule has 0 radical (unpaired) electrons. The summed E-state index contributed by atoms with van der Waals surface area (Å²) in [7, 11) is 0. The van der Waals surface area contributed by atoms with Gasteiger partial charge in [-0.3, -0.25) is 4.79 Å². The van der Waals surface area contributed by atoms with E-state index in [-0.39, 0.29) is 11.7 Å². The molecule has 0 fully saturated rings. The highest BCUT2D eigenvalue weighted by Crippen LogP contribution is 2.33. The van der Waals surface area contributed by atoms with Crippen LogP contribution in [0.5, 0.6) is 11.5 Å². The smallest absolute Gasteiger partial charge is 0.319 e. The summed E-state index contributed by atoms with van der Waals surface area (Å²) in [5.41, 5.74) is 2.50. The average Bonchev–Trinajstić information content (AvgIpc) is 2.68. The second-order valence-corrected chi connectivity index (χ2v) is 6.40. The minimum atomic E-state index is -0.663. The Balaban J connectivity index is 1.88. The molecule has 3 amide bonds. The third kappa shape index (κ3) is 4.25. The van der Waals surface area contributed by atoms with Crippen molar-refractivity contribution in [3.05, 3.63) is 70.9 Å². The van der Waals surface area contributed by atoms with Gasteiger partial charge in [-0.25, -0.2) is 4.79 Å². The zero-order valence-electron chi connectivity index (χ0n) is 15.8. The summed E-state index contributed by atoms with van der Waals surface area (Å²) in [5.74, 6) is 0.0148. The molecule has 28 heavy (non-hydrogen) atoms. The van der Waals surface area contributed by atoms with Gasteiger partial charge in [0.05, 0.1) is 18.2 Å². The van der Waals surface area contributed by atoms with Gasteiger partial charge in [-0.05, 0) is 37.1 Å². The van der Waals surface area contributed by atoms with Crippen LogP contribution < -0.4 is 20.7 Å². The van der Waals surface area contributed by atoms with Crippen LogP contribution in [0.3, 0.4) is 0 Å². The van der Waals surface area contributed by atoms with Gasteiger partial charge < -0.3 is 25.8 Å². The highest BCUT2D eigenvalue weighted by atomic mass is 16.5. The lowest BCUT2D eigenvalue weighted by Gasteiger charge is -2.29. The molecule has 2 aromatic carbocycles. The minimum Gasteiger partial charge on any atom is -0.504 e. The molecule has 0 saturated heterocycles. The van der Waals surface area contributed by atoms with Gasteiger partial charge in [0.1, 0.15) is 0 Å². The summed E-state index contributed by atoms with van der Waals surface area (Å²) in [4.78, 5) is 24.9. The summed E-state index contributed by atoms with van der Waals surface area (Å²) in [6.45, 7) is 4.25. The van der Waals surface area contributed by atoms with Crippen LogP contribution in [0.15, 0.2) is 59.8 Å². The van der Waals surface area contributed by atoms with Crippen LogP contribution in [0.1, 0.15) is 31.0 Å². The number of hydrogen-bond donors (Lipinski definition) is 4. The molecule has 146 valence electrons. The molecule has 3 rings (SSSR count). The molecule has 0 aliphatic carbocycles. The number of ether oxygens (including phenoxy) is 1. The number of phenolic OH excluding ortho intramolecular Hbond substituents is 1. The maximum atomic E-state index is 12.9. The van der Waals surface area contributed by atoms with E-state index in [4.69, 9.17) is 4.74 Å². The van der Waals surface area contributed by atoms with Crippen LogP contribution in [0.2, 0.25) is 0 Å².